The Morgan fingerprint density at radius 2 is 1.73 bits per heavy atom. The van der Waals surface area contributed by atoms with Crippen LogP contribution in [0.15, 0.2) is 0 Å². The minimum absolute atomic E-state index is 0.0267. The zero-order valence-corrected chi connectivity index (χ0v) is 14.1. The molecule has 0 aromatic carbocycles. The van der Waals surface area contributed by atoms with Crippen molar-refractivity contribution in [3.05, 3.63) is 0 Å². The van der Waals surface area contributed by atoms with Crippen LogP contribution in [0.2, 0.25) is 0 Å². The monoisotopic (exact) mass is 313 g/mol. The molecule has 0 heterocycles. The highest BCUT2D eigenvalue weighted by atomic mass is 16.2. The van der Waals surface area contributed by atoms with E-state index < -0.39 is 6.04 Å². The van der Waals surface area contributed by atoms with Gasteiger partial charge in [-0.3, -0.25) is 26.0 Å². The van der Waals surface area contributed by atoms with Crippen LogP contribution in [0.4, 0.5) is 0 Å². The predicted octanol–water partition coefficient (Wildman–Crippen LogP) is -0.0550. The third-order valence-electron chi connectivity index (χ3n) is 3.58. The molecule has 0 aromatic heterocycles. The number of nitrogens with two attached hydrogens (primary N) is 2. The van der Waals surface area contributed by atoms with Crippen LogP contribution >= 0.6 is 0 Å². The number of carbonyl (C=O) groups is 2. The number of unbranched alkanes of at least 4 members (excludes halogenated alkanes) is 4. The molecule has 128 valence electrons. The van der Waals surface area contributed by atoms with E-state index in [0.29, 0.717) is 25.8 Å². The second-order valence-corrected chi connectivity index (χ2v) is 5.63. The molecular formula is C16H33N4O2+. The molecule has 0 fully saturated rings. The van der Waals surface area contributed by atoms with Gasteiger partial charge in [-0.05, 0) is 19.3 Å². The van der Waals surface area contributed by atoms with Gasteiger partial charge in [-0.15, -0.1) is 0 Å². The molecule has 0 aromatic rings. The molecule has 1 amide bonds. The average molecular weight is 313 g/mol. The molecule has 1 atom stereocenters. The first kappa shape index (κ1) is 20.4. The van der Waals surface area contributed by atoms with E-state index in [4.69, 9.17) is 11.5 Å². The Kier molecular flexibility index (Phi) is 12.2. The van der Waals surface area contributed by atoms with E-state index >= 15 is 0 Å². The van der Waals surface area contributed by atoms with E-state index in [2.05, 4.69) is 17.2 Å². The van der Waals surface area contributed by atoms with E-state index in [9.17, 15) is 9.59 Å². The fourth-order valence-electron chi connectivity index (χ4n) is 2.25. The van der Waals surface area contributed by atoms with Crippen LogP contribution < -0.4 is 21.8 Å². The number of amides is 1. The molecule has 6 nitrogen and oxygen atoms in total. The maximum Gasteiger partial charge on any atom is 0.338 e. The van der Waals surface area contributed by atoms with Gasteiger partial charge >= 0.3 is 5.96 Å². The van der Waals surface area contributed by atoms with Crippen molar-refractivity contribution in [1.29, 1.82) is 0 Å². The van der Waals surface area contributed by atoms with Crippen molar-refractivity contribution in [3.8, 4) is 0 Å². The fourth-order valence-corrected chi connectivity index (χ4v) is 2.25. The summed E-state index contributed by atoms with van der Waals surface area (Å²) in [5.74, 6) is 0.222. The van der Waals surface area contributed by atoms with Crippen molar-refractivity contribution in [1.82, 2.24) is 5.32 Å². The van der Waals surface area contributed by atoms with Crippen molar-refractivity contribution < 1.29 is 14.6 Å². The zero-order valence-electron chi connectivity index (χ0n) is 14.1. The summed E-state index contributed by atoms with van der Waals surface area (Å²) in [6.45, 7) is 4.58. The van der Waals surface area contributed by atoms with Crippen molar-refractivity contribution in [2.45, 2.75) is 77.7 Å². The van der Waals surface area contributed by atoms with Crippen LogP contribution in [-0.2, 0) is 9.59 Å². The van der Waals surface area contributed by atoms with Gasteiger partial charge in [0, 0.05) is 12.8 Å². The predicted molar refractivity (Wildman–Crippen MR) is 89.1 cm³/mol. The number of ketones is 1. The number of hydrogen-bond acceptors (Lipinski definition) is 2. The number of guanidine groups is 1. The first-order valence-corrected chi connectivity index (χ1v) is 8.45. The number of Topliss-reactive ketones (excluding diaryl/α,β-unsaturated/α-hetero) is 1. The Labute approximate surface area is 134 Å². The Morgan fingerprint density at radius 3 is 2.32 bits per heavy atom. The summed E-state index contributed by atoms with van der Waals surface area (Å²) in [5, 5.41) is 2.86. The summed E-state index contributed by atoms with van der Waals surface area (Å²) in [4.78, 5) is 26.6. The molecule has 0 aliphatic carbocycles. The van der Waals surface area contributed by atoms with E-state index in [1.54, 1.807) is 0 Å². The second-order valence-electron chi connectivity index (χ2n) is 5.63. The van der Waals surface area contributed by atoms with Gasteiger partial charge in [0.25, 0.3) is 0 Å². The smallest absolute Gasteiger partial charge is 0.338 e. The van der Waals surface area contributed by atoms with Gasteiger partial charge in [0.2, 0.25) is 5.91 Å². The fraction of sp³-hybridized carbons (Fsp3) is 0.812. The maximum absolute atomic E-state index is 11.9. The van der Waals surface area contributed by atoms with E-state index in [1.807, 2.05) is 6.92 Å². The van der Waals surface area contributed by atoms with Crippen molar-refractivity contribution >= 4 is 17.6 Å². The van der Waals surface area contributed by atoms with Gasteiger partial charge in [-0.25, -0.2) is 0 Å². The Balaban J connectivity index is 4.09. The van der Waals surface area contributed by atoms with Crippen molar-refractivity contribution in [3.63, 3.8) is 0 Å². The molecule has 6 heteroatoms. The quantitative estimate of drug-likeness (QED) is 0.217. The largest absolute Gasteiger partial charge is 0.346 e. The van der Waals surface area contributed by atoms with Crippen LogP contribution in [-0.4, -0.2) is 30.2 Å². The molecular weight excluding hydrogens is 280 g/mol. The highest BCUT2D eigenvalue weighted by molar-refractivity contribution is 5.88. The minimum atomic E-state index is -0.394. The normalized spacial score (nSPS) is 11.7. The Hall–Kier alpha value is -1.59. The third-order valence-corrected chi connectivity index (χ3v) is 3.58. The molecule has 0 saturated carbocycles. The summed E-state index contributed by atoms with van der Waals surface area (Å²) in [6, 6.07) is -0.394. The van der Waals surface area contributed by atoms with Gasteiger partial charge in [0.1, 0.15) is 0 Å². The summed E-state index contributed by atoms with van der Waals surface area (Å²) < 4.78 is 0. The van der Waals surface area contributed by atoms with E-state index in [1.165, 1.54) is 19.3 Å². The van der Waals surface area contributed by atoms with Crippen molar-refractivity contribution in [2.24, 2.45) is 11.5 Å². The summed E-state index contributed by atoms with van der Waals surface area (Å²) in [5.41, 5.74) is 10.6. The molecule has 6 N–H and O–H groups in total. The van der Waals surface area contributed by atoms with Crippen LogP contribution in [0.25, 0.3) is 0 Å². The minimum Gasteiger partial charge on any atom is -0.346 e. The number of carbonyl (C=O) groups excluding carboxylic acids is 2. The average Bonchev–Trinajstić information content (AvgIpc) is 2.49. The highest BCUT2D eigenvalue weighted by Gasteiger charge is 2.18. The van der Waals surface area contributed by atoms with E-state index in [0.717, 1.165) is 19.3 Å². The molecule has 0 rings (SSSR count). The molecule has 22 heavy (non-hydrogen) atoms. The summed E-state index contributed by atoms with van der Waals surface area (Å²) in [7, 11) is 0. The van der Waals surface area contributed by atoms with E-state index in [-0.39, 0.29) is 17.6 Å². The van der Waals surface area contributed by atoms with Gasteiger partial charge in [0.15, 0.2) is 5.78 Å². The molecule has 0 aliphatic heterocycles. The van der Waals surface area contributed by atoms with Crippen LogP contribution in [0.1, 0.15) is 71.6 Å². The third kappa shape index (κ3) is 11.1. The number of nitrogens with one attached hydrogen (secondary N) is 2. The summed E-state index contributed by atoms with van der Waals surface area (Å²) >= 11 is 0. The van der Waals surface area contributed by atoms with Gasteiger partial charge in [0.05, 0.1) is 12.6 Å². The maximum atomic E-state index is 11.9. The number of rotatable bonds is 13. The summed E-state index contributed by atoms with van der Waals surface area (Å²) in [6.07, 6.45) is 7.80. The van der Waals surface area contributed by atoms with Crippen LogP contribution in [0.5, 0.6) is 0 Å². The lowest BCUT2D eigenvalue weighted by Crippen LogP contribution is -2.78. The van der Waals surface area contributed by atoms with Gasteiger partial charge < -0.3 is 5.32 Å². The van der Waals surface area contributed by atoms with Crippen LogP contribution in [0.3, 0.4) is 0 Å². The first-order valence-electron chi connectivity index (χ1n) is 8.45. The second kappa shape index (κ2) is 13.1. The van der Waals surface area contributed by atoms with Gasteiger partial charge in [-0.2, -0.15) is 0 Å². The number of hydrogen-bond donors (Lipinski definition) is 4. The SMILES string of the molecule is CCCCCCCC(=O)NC(CCC[NH+]=C(N)N)C(=O)CC. The Morgan fingerprint density at radius 1 is 1.05 bits per heavy atom. The molecule has 0 bridgehead atoms. The Bertz CT molecular complexity index is 352. The van der Waals surface area contributed by atoms with Gasteiger partial charge in [-0.1, -0.05) is 39.5 Å². The molecule has 0 aliphatic rings. The lowest BCUT2D eigenvalue weighted by Gasteiger charge is -2.16. The molecule has 0 saturated heterocycles. The highest BCUT2D eigenvalue weighted by Crippen LogP contribution is 2.06. The lowest BCUT2D eigenvalue weighted by atomic mass is 10.0. The topological polar surface area (TPSA) is 112 Å². The standard InChI is InChI=1S/C16H32N4O2/c1-3-5-6-7-8-11-15(22)20-13(14(21)4-2)10-9-12-19-16(17)18/h13H,3-12H2,1-2H3,(H,20,22)(H4,17,18,19)/p+1. The van der Waals surface area contributed by atoms with Crippen LogP contribution in [0, 0.1) is 0 Å². The van der Waals surface area contributed by atoms with Crippen molar-refractivity contribution in [2.75, 3.05) is 6.54 Å². The lowest BCUT2D eigenvalue weighted by molar-refractivity contribution is -0.459. The molecule has 1 unspecified atom stereocenters. The first-order chi connectivity index (χ1) is 10.5. The molecule has 0 radical (unpaired) electrons. The zero-order chi connectivity index (χ0) is 16.8. The molecule has 0 spiro atoms.